The number of ether oxygens (including phenoxy) is 3. The molecule has 38 heavy (non-hydrogen) atoms. The van der Waals surface area contributed by atoms with E-state index in [-0.39, 0.29) is 34.3 Å². The van der Waals surface area contributed by atoms with E-state index in [1.807, 2.05) is 0 Å². The van der Waals surface area contributed by atoms with Crippen LogP contribution in [0.15, 0.2) is 72.3 Å². The van der Waals surface area contributed by atoms with Gasteiger partial charge in [0.15, 0.2) is 0 Å². The highest BCUT2D eigenvalue weighted by Crippen LogP contribution is 2.44. The monoisotopic (exact) mass is 517 g/mol. The van der Waals surface area contributed by atoms with Crippen LogP contribution in [0.2, 0.25) is 0 Å². The molecular weight excluding hydrogens is 490 g/mol. The Morgan fingerprint density at radius 2 is 1.58 bits per heavy atom. The van der Waals surface area contributed by atoms with E-state index >= 15 is 0 Å². The van der Waals surface area contributed by atoms with Crippen molar-refractivity contribution < 1.29 is 38.8 Å². The van der Waals surface area contributed by atoms with Crippen LogP contribution < -0.4 is 14.4 Å². The molecular formula is C29H27NO8. The zero-order chi connectivity index (χ0) is 27.6. The van der Waals surface area contributed by atoms with Crippen molar-refractivity contribution in [2.75, 3.05) is 19.1 Å². The third kappa shape index (κ3) is 4.90. The van der Waals surface area contributed by atoms with Crippen molar-refractivity contribution in [3.05, 3.63) is 89.0 Å². The van der Waals surface area contributed by atoms with Crippen molar-refractivity contribution >= 4 is 29.1 Å². The van der Waals surface area contributed by atoms with E-state index in [0.29, 0.717) is 17.0 Å². The number of benzene rings is 3. The summed E-state index contributed by atoms with van der Waals surface area (Å²) in [6.45, 7) is 3.47. The Hall–Kier alpha value is -4.79. The first kappa shape index (κ1) is 26.3. The van der Waals surface area contributed by atoms with Crippen LogP contribution in [0.1, 0.15) is 41.4 Å². The molecule has 196 valence electrons. The molecule has 0 radical (unpaired) electrons. The average Bonchev–Trinajstić information content (AvgIpc) is 3.18. The highest BCUT2D eigenvalue weighted by atomic mass is 16.5. The molecule has 1 heterocycles. The number of rotatable bonds is 7. The summed E-state index contributed by atoms with van der Waals surface area (Å²) in [5.41, 5.74) is 1.06. The Labute approximate surface area is 219 Å². The number of methoxy groups -OCH3 is 2. The normalized spacial score (nSPS) is 16.6. The van der Waals surface area contributed by atoms with Crippen molar-refractivity contribution in [1.82, 2.24) is 0 Å². The summed E-state index contributed by atoms with van der Waals surface area (Å²) in [5, 5.41) is 21.3. The fourth-order valence-corrected chi connectivity index (χ4v) is 4.26. The molecule has 2 N–H and O–H groups in total. The topological polar surface area (TPSA) is 123 Å². The highest BCUT2D eigenvalue weighted by Gasteiger charge is 2.47. The van der Waals surface area contributed by atoms with Gasteiger partial charge in [0.1, 0.15) is 23.0 Å². The highest BCUT2D eigenvalue weighted by molar-refractivity contribution is 6.51. The van der Waals surface area contributed by atoms with Gasteiger partial charge in [-0.1, -0.05) is 12.1 Å². The Morgan fingerprint density at radius 1 is 0.921 bits per heavy atom. The van der Waals surface area contributed by atoms with Crippen molar-refractivity contribution in [3.63, 3.8) is 0 Å². The SMILES string of the molecule is COc1ccc(OC)c(/C(O)=C2\C(=O)C(=O)N(c3ccc(C(=O)OC(C)C)cc3)C2c2ccc(O)cc2)c1. The van der Waals surface area contributed by atoms with Crippen LogP contribution in [0.5, 0.6) is 17.2 Å². The minimum absolute atomic E-state index is 0.00631. The minimum Gasteiger partial charge on any atom is -0.508 e. The summed E-state index contributed by atoms with van der Waals surface area (Å²) >= 11 is 0. The van der Waals surface area contributed by atoms with Gasteiger partial charge in [0.2, 0.25) is 0 Å². The molecule has 1 aliphatic heterocycles. The third-order valence-corrected chi connectivity index (χ3v) is 6.04. The number of anilines is 1. The van der Waals surface area contributed by atoms with E-state index in [4.69, 9.17) is 14.2 Å². The summed E-state index contributed by atoms with van der Waals surface area (Å²) in [6, 6.07) is 15.7. The Balaban J connectivity index is 1.88. The summed E-state index contributed by atoms with van der Waals surface area (Å²) < 4.78 is 15.9. The smallest absolute Gasteiger partial charge is 0.338 e. The lowest BCUT2D eigenvalue weighted by atomic mass is 9.94. The lowest BCUT2D eigenvalue weighted by Gasteiger charge is -2.26. The van der Waals surface area contributed by atoms with Crippen LogP contribution >= 0.6 is 0 Å². The number of Topliss-reactive ketones (excluding diaryl/α,β-unsaturated/α-hetero) is 1. The number of ketones is 1. The number of hydrogen-bond donors (Lipinski definition) is 2. The lowest BCUT2D eigenvalue weighted by Crippen LogP contribution is -2.29. The number of phenolic OH excluding ortho intramolecular Hbond substituents is 1. The number of phenols is 1. The second kappa shape index (κ2) is 10.7. The number of carbonyl (C=O) groups is 3. The van der Waals surface area contributed by atoms with Gasteiger partial charge in [-0.3, -0.25) is 14.5 Å². The summed E-state index contributed by atoms with van der Waals surface area (Å²) in [7, 11) is 2.88. The second-order valence-electron chi connectivity index (χ2n) is 8.83. The van der Waals surface area contributed by atoms with Crippen molar-refractivity contribution in [1.29, 1.82) is 0 Å². The molecule has 0 aliphatic carbocycles. The Bertz CT molecular complexity index is 1410. The van der Waals surface area contributed by atoms with Gasteiger partial charge in [-0.25, -0.2) is 4.79 Å². The molecule has 1 saturated heterocycles. The van der Waals surface area contributed by atoms with E-state index in [9.17, 15) is 24.6 Å². The summed E-state index contributed by atoms with van der Waals surface area (Å²) in [6.07, 6.45) is -0.303. The van der Waals surface area contributed by atoms with Gasteiger partial charge in [0.05, 0.1) is 43.1 Å². The quantitative estimate of drug-likeness (QED) is 0.202. The van der Waals surface area contributed by atoms with Crippen LogP contribution in [0.3, 0.4) is 0 Å². The van der Waals surface area contributed by atoms with Gasteiger partial charge in [-0.15, -0.1) is 0 Å². The molecule has 1 amide bonds. The zero-order valence-corrected chi connectivity index (χ0v) is 21.3. The van der Waals surface area contributed by atoms with Crippen LogP contribution in [0.25, 0.3) is 5.76 Å². The molecule has 0 spiro atoms. The molecule has 1 fully saturated rings. The molecule has 0 bridgehead atoms. The first-order valence-corrected chi connectivity index (χ1v) is 11.8. The predicted molar refractivity (Wildman–Crippen MR) is 139 cm³/mol. The standard InChI is InChI=1S/C29H27NO8/c1-16(2)38-29(35)18-5-9-19(10-6-18)30-25(17-7-11-20(31)12-8-17)24(27(33)28(30)34)26(32)22-15-21(36-3)13-14-23(22)37-4/h5-16,25,31-32H,1-4H3/b26-24+. The van der Waals surface area contributed by atoms with Gasteiger partial charge in [-0.05, 0) is 74.0 Å². The molecule has 9 nitrogen and oxygen atoms in total. The van der Waals surface area contributed by atoms with E-state index in [0.717, 1.165) is 0 Å². The minimum atomic E-state index is -1.04. The van der Waals surface area contributed by atoms with Crippen molar-refractivity contribution in [2.24, 2.45) is 0 Å². The average molecular weight is 518 g/mol. The van der Waals surface area contributed by atoms with Crippen LogP contribution in [-0.2, 0) is 14.3 Å². The molecule has 4 rings (SSSR count). The van der Waals surface area contributed by atoms with E-state index < -0.39 is 29.5 Å². The Morgan fingerprint density at radius 3 is 2.16 bits per heavy atom. The number of amides is 1. The lowest BCUT2D eigenvalue weighted by molar-refractivity contribution is -0.132. The molecule has 3 aromatic carbocycles. The Kier molecular flexibility index (Phi) is 7.38. The molecule has 0 saturated carbocycles. The van der Waals surface area contributed by atoms with Crippen LogP contribution in [0.4, 0.5) is 5.69 Å². The maximum atomic E-state index is 13.4. The summed E-state index contributed by atoms with van der Waals surface area (Å²) in [4.78, 5) is 40.3. The second-order valence-corrected chi connectivity index (χ2v) is 8.83. The number of aliphatic hydroxyl groups is 1. The summed E-state index contributed by atoms with van der Waals surface area (Å²) in [5.74, 6) is -2.07. The molecule has 0 aromatic heterocycles. The number of aliphatic hydroxyl groups excluding tert-OH is 1. The molecule has 1 atom stereocenters. The van der Waals surface area contributed by atoms with Gasteiger partial charge < -0.3 is 24.4 Å². The fourth-order valence-electron chi connectivity index (χ4n) is 4.26. The van der Waals surface area contributed by atoms with Crippen LogP contribution in [0, 0.1) is 0 Å². The van der Waals surface area contributed by atoms with E-state index in [1.54, 1.807) is 38.1 Å². The van der Waals surface area contributed by atoms with Gasteiger partial charge in [-0.2, -0.15) is 0 Å². The number of aromatic hydroxyl groups is 1. The number of esters is 1. The van der Waals surface area contributed by atoms with E-state index in [2.05, 4.69) is 0 Å². The first-order chi connectivity index (χ1) is 18.2. The van der Waals surface area contributed by atoms with E-state index in [1.165, 1.54) is 61.6 Å². The number of hydrogen-bond acceptors (Lipinski definition) is 8. The molecule has 1 unspecified atom stereocenters. The van der Waals surface area contributed by atoms with Crippen molar-refractivity contribution in [3.8, 4) is 17.2 Å². The maximum absolute atomic E-state index is 13.4. The predicted octanol–water partition coefficient (Wildman–Crippen LogP) is 4.60. The number of carbonyl (C=O) groups excluding carboxylic acids is 3. The van der Waals surface area contributed by atoms with Gasteiger partial charge >= 0.3 is 5.97 Å². The molecule has 3 aromatic rings. The third-order valence-electron chi connectivity index (χ3n) is 6.04. The zero-order valence-electron chi connectivity index (χ0n) is 21.3. The van der Waals surface area contributed by atoms with Crippen LogP contribution in [-0.4, -0.2) is 48.2 Å². The fraction of sp³-hybridized carbons (Fsp3) is 0.207. The van der Waals surface area contributed by atoms with Crippen molar-refractivity contribution in [2.45, 2.75) is 26.0 Å². The largest absolute Gasteiger partial charge is 0.508 e. The molecule has 9 heteroatoms. The van der Waals surface area contributed by atoms with Gasteiger partial charge in [0, 0.05) is 5.69 Å². The first-order valence-electron chi connectivity index (χ1n) is 11.8. The van der Waals surface area contributed by atoms with Gasteiger partial charge in [0.25, 0.3) is 11.7 Å². The number of nitrogens with zero attached hydrogens (tertiary/aromatic N) is 1. The maximum Gasteiger partial charge on any atom is 0.338 e. The molecule has 1 aliphatic rings.